The molecule has 0 aromatic heterocycles. The van der Waals surface area contributed by atoms with Gasteiger partial charge in [-0.15, -0.1) is 6.58 Å². The van der Waals surface area contributed by atoms with E-state index in [1.165, 1.54) is 0 Å². The lowest BCUT2D eigenvalue weighted by atomic mass is 10.1. The third-order valence-electron chi connectivity index (χ3n) is 1.93. The molecule has 0 aromatic carbocycles. The second kappa shape index (κ2) is 6.49. The molecule has 0 unspecified atom stereocenters. The molecule has 15 heavy (non-hydrogen) atoms. The van der Waals surface area contributed by atoms with Gasteiger partial charge < -0.3 is 10.1 Å². The van der Waals surface area contributed by atoms with Gasteiger partial charge in [0.05, 0.1) is 0 Å². The highest BCUT2D eigenvalue weighted by molar-refractivity contribution is 5.68. The highest BCUT2D eigenvalue weighted by atomic mass is 16.6. The summed E-state index contributed by atoms with van der Waals surface area (Å²) >= 11 is 0. The third kappa shape index (κ3) is 8.03. The molecule has 3 nitrogen and oxygen atoms in total. The summed E-state index contributed by atoms with van der Waals surface area (Å²) < 4.78 is 5.17. The zero-order valence-corrected chi connectivity index (χ0v) is 10.3. The van der Waals surface area contributed by atoms with Crippen molar-refractivity contribution in [2.24, 2.45) is 0 Å². The summed E-state index contributed by atoms with van der Waals surface area (Å²) in [6.07, 6.45) is 4.26. The molecule has 0 rings (SSSR count). The van der Waals surface area contributed by atoms with Crippen molar-refractivity contribution in [1.82, 2.24) is 5.32 Å². The van der Waals surface area contributed by atoms with Crippen LogP contribution < -0.4 is 5.32 Å². The number of nitrogens with one attached hydrogen (secondary N) is 1. The Morgan fingerprint density at radius 3 is 2.53 bits per heavy atom. The molecule has 0 heterocycles. The van der Waals surface area contributed by atoms with E-state index >= 15 is 0 Å². The number of carbonyl (C=O) groups excluding carboxylic acids is 1. The Hall–Kier alpha value is -0.990. The average molecular weight is 213 g/mol. The van der Waals surface area contributed by atoms with Gasteiger partial charge in [-0.3, -0.25) is 0 Å². The van der Waals surface area contributed by atoms with Gasteiger partial charge in [0, 0.05) is 6.04 Å². The first-order valence-electron chi connectivity index (χ1n) is 5.49. The minimum absolute atomic E-state index is 0.179. The predicted octanol–water partition coefficient (Wildman–Crippen LogP) is 3.26. The highest BCUT2D eigenvalue weighted by Crippen LogP contribution is 2.08. The Kier molecular flexibility index (Phi) is 6.06. The maximum atomic E-state index is 11.4. The summed E-state index contributed by atoms with van der Waals surface area (Å²) in [6.45, 7) is 11.3. The molecule has 0 saturated heterocycles. The van der Waals surface area contributed by atoms with Crippen LogP contribution in [0.4, 0.5) is 4.79 Å². The van der Waals surface area contributed by atoms with E-state index in [9.17, 15) is 4.79 Å². The summed E-state index contributed by atoms with van der Waals surface area (Å²) in [6, 6.07) is 0.179. The number of alkyl carbamates (subject to hydrolysis) is 1. The molecule has 1 amide bonds. The van der Waals surface area contributed by atoms with Crippen LogP contribution in [0.3, 0.4) is 0 Å². The smallest absolute Gasteiger partial charge is 0.407 e. The molecule has 1 N–H and O–H groups in total. The van der Waals surface area contributed by atoms with Crippen LogP contribution in [0, 0.1) is 0 Å². The van der Waals surface area contributed by atoms with Crippen molar-refractivity contribution >= 4 is 6.09 Å². The van der Waals surface area contributed by atoms with E-state index in [0.29, 0.717) is 0 Å². The van der Waals surface area contributed by atoms with Crippen LogP contribution in [0.1, 0.15) is 47.0 Å². The normalized spacial score (nSPS) is 13.1. The number of amides is 1. The summed E-state index contributed by atoms with van der Waals surface area (Å²) in [7, 11) is 0. The van der Waals surface area contributed by atoms with E-state index in [4.69, 9.17) is 4.74 Å². The molecule has 0 bridgehead atoms. The van der Waals surface area contributed by atoms with Crippen LogP contribution in [0.5, 0.6) is 0 Å². The van der Waals surface area contributed by atoms with Gasteiger partial charge in [-0.1, -0.05) is 13.0 Å². The summed E-state index contributed by atoms with van der Waals surface area (Å²) in [5.74, 6) is 0. The molecule has 0 aromatic rings. The van der Waals surface area contributed by atoms with Gasteiger partial charge >= 0.3 is 6.09 Å². The molecule has 0 fully saturated rings. The maximum absolute atomic E-state index is 11.4. The van der Waals surface area contributed by atoms with Gasteiger partial charge in [-0.2, -0.15) is 0 Å². The first-order valence-corrected chi connectivity index (χ1v) is 5.49. The largest absolute Gasteiger partial charge is 0.444 e. The van der Waals surface area contributed by atoms with E-state index in [-0.39, 0.29) is 12.1 Å². The third-order valence-corrected chi connectivity index (χ3v) is 1.93. The minimum atomic E-state index is -0.430. The number of ether oxygens (including phenoxy) is 1. The van der Waals surface area contributed by atoms with Crippen molar-refractivity contribution in [2.45, 2.75) is 58.6 Å². The fraction of sp³-hybridized carbons (Fsp3) is 0.750. The number of hydrogen-bond acceptors (Lipinski definition) is 2. The zero-order valence-electron chi connectivity index (χ0n) is 10.3. The van der Waals surface area contributed by atoms with E-state index in [1.807, 2.05) is 33.8 Å². The molecule has 0 aliphatic heterocycles. The van der Waals surface area contributed by atoms with Gasteiger partial charge in [0.25, 0.3) is 0 Å². The molecular formula is C12H23NO2. The molecule has 0 saturated carbocycles. The number of allylic oxidation sites excluding steroid dienone is 1. The molecule has 0 aliphatic rings. The van der Waals surface area contributed by atoms with Gasteiger partial charge in [0.2, 0.25) is 0 Å². The fourth-order valence-electron chi connectivity index (χ4n) is 1.17. The van der Waals surface area contributed by atoms with Gasteiger partial charge in [-0.25, -0.2) is 4.79 Å². The Balaban J connectivity index is 3.95. The zero-order chi connectivity index (χ0) is 11.9. The van der Waals surface area contributed by atoms with E-state index < -0.39 is 5.60 Å². The van der Waals surface area contributed by atoms with Crippen LogP contribution in [0.25, 0.3) is 0 Å². The summed E-state index contributed by atoms with van der Waals surface area (Å²) in [4.78, 5) is 11.4. The topological polar surface area (TPSA) is 38.3 Å². The standard InChI is InChI=1S/C12H23NO2/c1-6-8-9-10(7-2)13-11(14)15-12(3,4)5/h6,10H,1,7-9H2,2-5H3,(H,13,14)/t10-/m1/s1. The van der Waals surface area contributed by atoms with Gasteiger partial charge in [0.1, 0.15) is 5.60 Å². The minimum Gasteiger partial charge on any atom is -0.444 e. The molecule has 1 atom stereocenters. The van der Waals surface area contributed by atoms with E-state index in [0.717, 1.165) is 19.3 Å². The Morgan fingerprint density at radius 2 is 2.13 bits per heavy atom. The lowest BCUT2D eigenvalue weighted by molar-refractivity contribution is 0.0500. The number of rotatable bonds is 5. The van der Waals surface area contributed by atoms with Crippen LogP contribution in [-0.2, 0) is 4.74 Å². The van der Waals surface area contributed by atoms with E-state index in [1.54, 1.807) is 0 Å². The second-order valence-corrected chi connectivity index (χ2v) is 4.62. The molecule has 0 spiro atoms. The molecule has 3 heteroatoms. The quantitative estimate of drug-likeness (QED) is 0.712. The van der Waals surface area contributed by atoms with E-state index in [2.05, 4.69) is 11.9 Å². The maximum Gasteiger partial charge on any atom is 0.407 e. The van der Waals surface area contributed by atoms with Crippen molar-refractivity contribution in [3.63, 3.8) is 0 Å². The summed E-state index contributed by atoms with van der Waals surface area (Å²) in [5, 5.41) is 2.85. The number of hydrogen-bond donors (Lipinski definition) is 1. The van der Waals surface area contributed by atoms with Crippen LogP contribution >= 0.6 is 0 Å². The van der Waals surface area contributed by atoms with Crippen LogP contribution in [0.2, 0.25) is 0 Å². The first kappa shape index (κ1) is 14.0. The number of carbonyl (C=O) groups is 1. The Bertz CT molecular complexity index is 206. The molecule has 88 valence electrons. The van der Waals surface area contributed by atoms with Crippen molar-refractivity contribution in [3.05, 3.63) is 12.7 Å². The van der Waals surface area contributed by atoms with Crippen molar-refractivity contribution in [1.29, 1.82) is 0 Å². The van der Waals surface area contributed by atoms with Crippen molar-refractivity contribution in [3.8, 4) is 0 Å². The Labute approximate surface area is 92.9 Å². The monoisotopic (exact) mass is 213 g/mol. The first-order chi connectivity index (χ1) is 6.89. The average Bonchev–Trinajstić information content (AvgIpc) is 2.09. The lowest BCUT2D eigenvalue weighted by Crippen LogP contribution is -2.38. The SMILES string of the molecule is C=CCC[C@@H](CC)NC(=O)OC(C)(C)C. The summed E-state index contributed by atoms with van der Waals surface area (Å²) in [5.41, 5.74) is -0.430. The fourth-order valence-corrected chi connectivity index (χ4v) is 1.17. The van der Waals surface area contributed by atoms with Gasteiger partial charge in [0.15, 0.2) is 0 Å². The lowest BCUT2D eigenvalue weighted by Gasteiger charge is -2.22. The van der Waals surface area contributed by atoms with Crippen molar-refractivity contribution < 1.29 is 9.53 Å². The van der Waals surface area contributed by atoms with Crippen LogP contribution in [0.15, 0.2) is 12.7 Å². The molecule has 0 aliphatic carbocycles. The van der Waals surface area contributed by atoms with Crippen LogP contribution in [-0.4, -0.2) is 17.7 Å². The highest BCUT2D eigenvalue weighted by Gasteiger charge is 2.18. The molecular weight excluding hydrogens is 190 g/mol. The Morgan fingerprint density at radius 1 is 1.53 bits per heavy atom. The van der Waals surface area contributed by atoms with Gasteiger partial charge in [-0.05, 0) is 40.0 Å². The molecule has 0 radical (unpaired) electrons. The van der Waals surface area contributed by atoms with Crippen molar-refractivity contribution in [2.75, 3.05) is 0 Å². The second-order valence-electron chi connectivity index (χ2n) is 4.62. The predicted molar refractivity (Wildman–Crippen MR) is 62.9 cm³/mol.